The molecule has 0 bridgehead atoms. The van der Waals surface area contributed by atoms with E-state index in [0.29, 0.717) is 17.1 Å². The van der Waals surface area contributed by atoms with Crippen molar-refractivity contribution in [3.63, 3.8) is 0 Å². The van der Waals surface area contributed by atoms with Crippen LogP contribution in [0.2, 0.25) is 0 Å². The number of amides is 1. The molecule has 0 spiro atoms. The standard InChI is InChI=1S/C21H22F3NO5/c1-28-16-8-5-14(11-17(16)29-2)19-18(12-26)30-10-9-25(19)20(27)13-3-6-15(7-4-13)21(22,23)24/h3-8,11,18-19,26H,9-10,12H2,1-2H3/t18-,19-/m1/s1. The average Bonchev–Trinajstić information content (AvgIpc) is 2.77. The molecule has 0 saturated carbocycles. The maximum Gasteiger partial charge on any atom is 0.416 e. The van der Waals surface area contributed by atoms with Gasteiger partial charge in [-0.1, -0.05) is 6.07 Å². The van der Waals surface area contributed by atoms with Gasteiger partial charge < -0.3 is 24.2 Å². The molecule has 30 heavy (non-hydrogen) atoms. The second kappa shape index (κ2) is 8.93. The number of rotatable bonds is 5. The van der Waals surface area contributed by atoms with Crippen molar-refractivity contribution >= 4 is 5.91 Å². The van der Waals surface area contributed by atoms with Gasteiger partial charge in [-0.2, -0.15) is 13.2 Å². The maximum atomic E-state index is 13.1. The first-order valence-electron chi connectivity index (χ1n) is 9.22. The number of carbonyl (C=O) groups excluding carboxylic acids is 1. The second-order valence-electron chi connectivity index (χ2n) is 6.72. The van der Waals surface area contributed by atoms with Gasteiger partial charge in [0, 0.05) is 12.1 Å². The number of aliphatic hydroxyl groups excluding tert-OH is 1. The van der Waals surface area contributed by atoms with Gasteiger partial charge in [-0.05, 0) is 42.0 Å². The average molecular weight is 425 g/mol. The van der Waals surface area contributed by atoms with Crippen LogP contribution in [0.1, 0.15) is 27.5 Å². The van der Waals surface area contributed by atoms with E-state index in [4.69, 9.17) is 14.2 Å². The number of morpholine rings is 1. The Balaban J connectivity index is 1.96. The Hall–Kier alpha value is -2.78. The summed E-state index contributed by atoms with van der Waals surface area (Å²) in [5, 5.41) is 9.80. The molecule has 6 nitrogen and oxygen atoms in total. The van der Waals surface area contributed by atoms with E-state index >= 15 is 0 Å². The van der Waals surface area contributed by atoms with Crippen LogP contribution in [-0.2, 0) is 10.9 Å². The monoisotopic (exact) mass is 425 g/mol. The second-order valence-corrected chi connectivity index (χ2v) is 6.72. The normalized spacial score (nSPS) is 19.5. The zero-order chi connectivity index (χ0) is 21.9. The summed E-state index contributed by atoms with van der Waals surface area (Å²) < 4.78 is 54.7. The van der Waals surface area contributed by atoms with Crippen molar-refractivity contribution in [2.24, 2.45) is 0 Å². The Bertz CT molecular complexity index is 885. The number of ether oxygens (including phenoxy) is 3. The molecule has 1 amide bonds. The summed E-state index contributed by atoms with van der Waals surface area (Å²) in [6, 6.07) is 8.51. The van der Waals surface area contributed by atoms with Crippen LogP contribution in [0, 0.1) is 0 Å². The van der Waals surface area contributed by atoms with Gasteiger partial charge in [0.2, 0.25) is 0 Å². The molecule has 1 saturated heterocycles. The van der Waals surface area contributed by atoms with E-state index in [1.807, 2.05) is 0 Å². The smallest absolute Gasteiger partial charge is 0.416 e. The first-order chi connectivity index (χ1) is 14.3. The summed E-state index contributed by atoms with van der Waals surface area (Å²) in [5.41, 5.74) is -0.0653. The number of hydrogen-bond acceptors (Lipinski definition) is 5. The summed E-state index contributed by atoms with van der Waals surface area (Å²) >= 11 is 0. The molecular weight excluding hydrogens is 403 g/mol. The Kier molecular flexibility index (Phi) is 6.52. The summed E-state index contributed by atoms with van der Waals surface area (Å²) in [5.74, 6) is 0.489. The minimum absolute atomic E-state index is 0.118. The Morgan fingerprint density at radius 1 is 1.13 bits per heavy atom. The Labute approximate surface area is 171 Å². The minimum atomic E-state index is -4.48. The van der Waals surface area contributed by atoms with E-state index in [0.717, 1.165) is 24.3 Å². The van der Waals surface area contributed by atoms with E-state index in [1.165, 1.54) is 19.1 Å². The van der Waals surface area contributed by atoms with Crippen LogP contribution in [-0.4, -0.2) is 56.0 Å². The van der Waals surface area contributed by atoms with Gasteiger partial charge in [0.1, 0.15) is 6.10 Å². The van der Waals surface area contributed by atoms with Gasteiger partial charge in [-0.25, -0.2) is 0 Å². The van der Waals surface area contributed by atoms with Gasteiger partial charge in [-0.15, -0.1) is 0 Å². The Morgan fingerprint density at radius 3 is 2.37 bits per heavy atom. The molecule has 2 aromatic carbocycles. The molecule has 9 heteroatoms. The van der Waals surface area contributed by atoms with Gasteiger partial charge in [-0.3, -0.25) is 4.79 Å². The van der Waals surface area contributed by atoms with Gasteiger partial charge in [0.15, 0.2) is 11.5 Å². The fourth-order valence-electron chi connectivity index (χ4n) is 3.51. The van der Waals surface area contributed by atoms with Crippen LogP contribution >= 0.6 is 0 Å². The molecule has 1 N–H and O–H groups in total. The van der Waals surface area contributed by atoms with Gasteiger partial charge >= 0.3 is 6.18 Å². The molecule has 0 radical (unpaired) electrons. The molecule has 1 heterocycles. The molecule has 1 aliphatic rings. The number of nitrogens with zero attached hydrogens (tertiary/aromatic N) is 1. The number of benzene rings is 2. The van der Waals surface area contributed by atoms with Crippen molar-refractivity contribution < 1.29 is 37.3 Å². The Morgan fingerprint density at radius 2 is 1.80 bits per heavy atom. The van der Waals surface area contributed by atoms with Crippen molar-refractivity contribution in [1.29, 1.82) is 0 Å². The van der Waals surface area contributed by atoms with Gasteiger partial charge in [0.25, 0.3) is 5.91 Å². The van der Waals surface area contributed by atoms with E-state index in [1.54, 1.807) is 18.2 Å². The predicted octanol–water partition coefficient (Wildman–Crippen LogP) is 3.30. The number of hydrogen-bond donors (Lipinski definition) is 1. The molecule has 2 atom stereocenters. The molecule has 0 unspecified atom stereocenters. The lowest BCUT2D eigenvalue weighted by atomic mass is 9.96. The number of methoxy groups -OCH3 is 2. The van der Waals surface area contributed by atoms with Crippen molar-refractivity contribution in [2.75, 3.05) is 34.0 Å². The first kappa shape index (κ1) is 21.9. The van der Waals surface area contributed by atoms with Crippen LogP contribution in [0.5, 0.6) is 11.5 Å². The summed E-state index contributed by atoms with van der Waals surface area (Å²) in [6.07, 6.45) is -5.18. The third kappa shape index (κ3) is 4.36. The van der Waals surface area contributed by atoms with Gasteiger partial charge in [0.05, 0.1) is 39.0 Å². The lowest BCUT2D eigenvalue weighted by molar-refractivity contribution is -0.137. The third-order valence-electron chi connectivity index (χ3n) is 5.00. The molecule has 1 aliphatic heterocycles. The number of carbonyl (C=O) groups is 1. The molecule has 0 aliphatic carbocycles. The zero-order valence-electron chi connectivity index (χ0n) is 16.5. The first-order valence-corrected chi connectivity index (χ1v) is 9.22. The van der Waals surface area contributed by atoms with Crippen LogP contribution in [0.3, 0.4) is 0 Å². The topological polar surface area (TPSA) is 68.2 Å². The van der Waals surface area contributed by atoms with E-state index in [2.05, 4.69) is 0 Å². The fraction of sp³-hybridized carbons (Fsp3) is 0.381. The highest BCUT2D eigenvalue weighted by Crippen LogP contribution is 2.36. The molecular formula is C21H22F3NO5. The molecule has 3 rings (SSSR count). The zero-order valence-corrected chi connectivity index (χ0v) is 16.5. The largest absolute Gasteiger partial charge is 0.493 e. The minimum Gasteiger partial charge on any atom is -0.493 e. The number of alkyl halides is 3. The molecule has 2 aromatic rings. The van der Waals surface area contributed by atoms with E-state index in [-0.39, 0.29) is 25.3 Å². The highest BCUT2D eigenvalue weighted by Gasteiger charge is 2.37. The van der Waals surface area contributed by atoms with Crippen LogP contribution < -0.4 is 9.47 Å². The van der Waals surface area contributed by atoms with Crippen molar-refractivity contribution in [3.05, 3.63) is 59.2 Å². The van der Waals surface area contributed by atoms with Crippen LogP contribution in [0.15, 0.2) is 42.5 Å². The number of halogens is 3. The van der Waals surface area contributed by atoms with Crippen molar-refractivity contribution in [3.8, 4) is 11.5 Å². The summed E-state index contributed by atoms with van der Waals surface area (Å²) in [4.78, 5) is 14.6. The van der Waals surface area contributed by atoms with Crippen molar-refractivity contribution in [2.45, 2.75) is 18.3 Å². The highest BCUT2D eigenvalue weighted by molar-refractivity contribution is 5.94. The maximum absolute atomic E-state index is 13.1. The van der Waals surface area contributed by atoms with Crippen LogP contribution in [0.25, 0.3) is 0 Å². The fourth-order valence-corrected chi connectivity index (χ4v) is 3.51. The lowest BCUT2D eigenvalue weighted by Crippen LogP contribution is -2.49. The third-order valence-corrected chi connectivity index (χ3v) is 5.00. The van der Waals surface area contributed by atoms with E-state index in [9.17, 15) is 23.1 Å². The van der Waals surface area contributed by atoms with E-state index < -0.39 is 29.8 Å². The summed E-state index contributed by atoms with van der Waals surface area (Å²) in [7, 11) is 2.98. The molecule has 1 fully saturated rings. The number of aliphatic hydroxyl groups is 1. The van der Waals surface area contributed by atoms with Crippen LogP contribution in [0.4, 0.5) is 13.2 Å². The molecule has 162 valence electrons. The predicted molar refractivity (Wildman–Crippen MR) is 102 cm³/mol. The van der Waals surface area contributed by atoms with Crippen molar-refractivity contribution in [1.82, 2.24) is 4.90 Å². The lowest BCUT2D eigenvalue weighted by Gasteiger charge is -2.41. The summed E-state index contributed by atoms with van der Waals surface area (Å²) in [6.45, 7) is 0.0760. The quantitative estimate of drug-likeness (QED) is 0.796. The SMILES string of the molecule is COc1ccc([C@@H]2[C@@H](CO)OCCN2C(=O)c2ccc(C(F)(F)F)cc2)cc1OC. The highest BCUT2D eigenvalue weighted by atomic mass is 19.4. The molecule has 0 aromatic heterocycles.